The van der Waals surface area contributed by atoms with Crippen LogP contribution in [0.1, 0.15) is 6.42 Å². The molecule has 0 spiro atoms. The first kappa shape index (κ1) is 11.6. The van der Waals surface area contributed by atoms with Crippen LogP contribution in [-0.2, 0) is 9.47 Å². The molecule has 4 nitrogen and oxygen atoms in total. The van der Waals surface area contributed by atoms with E-state index >= 15 is 0 Å². The maximum absolute atomic E-state index is 9.27. The standard InChI is InChI=1S/C8H16O4/c1-4-6(9)7(10)5-8(11-2)12-3/h4,6-10H,1,5H2,2-3H3/t6?,7-/m0/s1. The number of hydrogen-bond donors (Lipinski definition) is 2. The number of methoxy groups -OCH3 is 2. The van der Waals surface area contributed by atoms with E-state index in [-0.39, 0.29) is 6.42 Å². The number of aliphatic hydroxyl groups excluding tert-OH is 2. The maximum Gasteiger partial charge on any atom is 0.159 e. The van der Waals surface area contributed by atoms with Crippen molar-refractivity contribution in [3.8, 4) is 0 Å². The van der Waals surface area contributed by atoms with Crippen LogP contribution in [0.5, 0.6) is 0 Å². The van der Waals surface area contributed by atoms with Gasteiger partial charge in [-0.1, -0.05) is 6.08 Å². The topological polar surface area (TPSA) is 58.9 Å². The third-order valence-electron chi connectivity index (χ3n) is 1.60. The minimum absolute atomic E-state index is 0.222. The zero-order valence-corrected chi connectivity index (χ0v) is 7.43. The van der Waals surface area contributed by atoms with Gasteiger partial charge < -0.3 is 19.7 Å². The highest BCUT2D eigenvalue weighted by Gasteiger charge is 2.18. The normalized spacial score (nSPS) is 16.1. The first-order valence-corrected chi connectivity index (χ1v) is 3.70. The van der Waals surface area contributed by atoms with E-state index in [4.69, 9.17) is 14.6 Å². The Kier molecular flexibility index (Phi) is 5.92. The predicted octanol–water partition coefficient (Wildman–Crippen LogP) is -0.0968. The van der Waals surface area contributed by atoms with Crippen LogP contribution in [0.25, 0.3) is 0 Å². The first-order valence-electron chi connectivity index (χ1n) is 3.70. The maximum atomic E-state index is 9.27. The molecule has 0 aliphatic rings. The molecule has 0 aromatic heterocycles. The molecule has 2 N–H and O–H groups in total. The second-order valence-corrected chi connectivity index (χ2v) is 2.43. The SMILES string of the molecule is C=CC(O)[C@@H](O)CC(OC)OC. The van der Waals surface area contributed by atoms with Crippen molar-refractivity contribution in [2.45, 2.75) is 24.9 Å². The van der Waals surface area contributed by atoms with Gasteiger partial charge >= 0.3 is 0 Å². The second kappa shape index (κ2) is 6.14. The molecule has 0 bridgehead atoms. The van der Waals surface area contributed by atoms with Gasteiger partial charge in [0.25, 0.3) is 0 Å². The summed E-state index contributed by atoms with van der Waals surface area (Å²) in [6.45, 7) is 3.35. The summed E-state index contributed by atoms with van der Waals surface area (Å²) in [5.41, 5.74) is 0. The Balaban J connectivity index is 3.79. The van der Waals surface area contributed by atoms with Gasteiger partial charge in [0.1, 0.15) is 0 Å². The van der Waals surface area contributed by atoms with Crippen molar-refractivity contribution in [3.05, 3.63) is 12.7 Å². The molecule has 0 rings (SSSR count). The van der Waals surface area contributed by atoms with Crippen LogP contribution in [0.15, 0.2) is 12.7 Å². The first-order chi connectivity index (χ1) is 5.65. The number of aliphatic hydroxyl groups is 2. The number of ether oxygens (including phenoxy) is 2. The Bertz CT molecular complexity index is 122. The summed E-state index contributed by atoms with van der Waals surface area (Å²) in [6.07, 6.45) is -0.826. The van der Waals surface area contributed by atoms with Crippen LogP contribution in [0.2, 0.25) is 0 Å². The van der Waals surface area contributed by atoms with Crippen molar-refractivity contribution in [3.63, 3.8) is 0 Å². The molecular weight excluding hydrogens is 160 g/mol. The van der Waals surface area contributed by atoms with Gasteiger partial charge in [0.15, 0.2) is 6.29 Å². The summed E-state index contributed by atoms with van der Waals surface area (Å²) in [6, 6.07) is 0. The lowest BCUT2D eigenvalue weighted by molar-refractivity contribution is -0.131. The monoisotopic (exact) mass is 176 g/mol. The van der Waals surface area contributed by atoms with E-state index in [1.54, 1.807) is 0 Å². The Hall–Kier alpha value is -0.420. The van der Waals surface area contributed by atoms with E-state index in [1.165, 1.54) is 20.3 Å². The van der Waals surface area contributed by atoms with Crippen LogP contribution < -0.4 is 0 Å². The van der Waals surface area contributed by atoms with Crippen LogP contribution in [0.4, 0.5) is 0 Å². The van der Waals surface area contributed by atoms with Crippen LogP contribution >= 0.6 is 0 Å². The summed E-state index contributed by atoms with van der Waals surface area (Å²) in [7, 11) is 2.95. The van der Waals surface area contributed by atoms with Crippen molar-refractivity contribution in [2.75, 3.05) is 14.2 Å². The van der Waals surface area contributed by atoms with E-state index in [0.717, 1.165) is 0 Å². The summed E-state index contributed by atoms with van der Waals surface area (Å²) < 4.78 is 9.67. The fourth-order valence-corrected chi connectivity index (χ4v) is 0.782. The average Bonchev–Trinajstić information content (AvgIpc) is 2.12. The quantitative estimate of drug-likeness (QED) is 0.438. The summed E-state index contributed by atoms with van der Waals surface area (Å²) in [5.74, 6) is 0. The molecule has 0 fully saturated rings. The van der Waals surface area contributed by atoms with Crippen LogP contribution in [0, 0.1) is 0 Å². The molecule has 0 aliphatic carbocycles. The molecule has 0 saturated carbocycles. The van der Waals surface area contributed by atoms with Gasteiger partial charge in [0, 0.05) is 20.6 Å². The predicted molar refractivity (Wildman–Crippen MR) is 44.6 cm³/mol. The van der Waals surface area contributed by atoms with Gasteiger partial charge in [-0.25, -0.2) is 0 Å². The highest BCUT2D eigenvalue weighted by molar-refractivity contribution is 4.84. The van der Waals surface area contributed by atoms with Crippen molar-refractivity contribution in [1.82, 2.24) is 0 Å². The molecule has 0 aromatic carbocycles. The van der Waals surface area contributed by atoms with E-state index in [2.05, 4.69) is 6.58 Å². The van der Waals surface area contributed by atoms with Gasteiger partial charge in [-0.15, -0.1) is 6.58 Å². The molecule has 0 amide bonds. The third kappa shape index (κ3) is 3.82. The molecular formula is C8H16O4. The summed E-state index contributed by atoms with van der Waals surface area (Å²) in [5, 5.41) is 18.4. The fraction of sp³-hybridized carbons (Fsp3) is 0.750. The Labute approximate surface area is 72.4 Å². The molecule has 0 saturated heterocycles. The fourth-order valence-electron chi connectivity index (χ4n) is 0.782. The van der Waals surface area contributed by atoms with Crippen molar-refractivity contribution in [2.24, 2.45) is 0 Å². The molecule has 0 aromatic rings. The highest BCUT2D eigenvalue weighted by Crippen LogP contribution is 2.06. The lowest BCUT2D eigenvalue weighted by Gasteiger charge is -2.19. The number of rotatable bonds is 6. The summed E-state index contributed by atoms with van der Waals surface area (Å²) >= 11 is 0. The van der Waals surface area contributed by atoms with Gasteiger partial charge in [0.05, 0.1) is 12.2 Å². The summed E-state index contributed by atoms with van der Waals surface area (Å²) in [4.78, 5) is 0. The molecule has 0 radical (unpaired) electrons. The molecule has 1 unspecified atom stereocenters. The molecule has 72 valence electrons. The molecule has 12 heavy (non-hydrogen) atoms. The Morgan fingerprint density at radius 3 is 2.17 bits per heavy atom. The zero-order valence-electron chi connectivity index (χ0n) is 7.43. The zero-order chi connectivity index (χ0) is 9.56. The van der Waals surface area contributed by atoms with Crippen molar-refractivity contribution < 1.29 is 19.7 Å². The lowest BCUT2D eigenvalue weighted by Crippen LogP contribution is -2.30. The van der Waals surface area contributed by atoms with Crippen molar-refractivity contribution >= 4 is 0 Å². The van der Waals surface area contributed by atoms with Crippen LogP contribution in [-0.4, -0.2) is 42.9 Å². The van der Waals surface area contributed by atoms with Crippen molar-refractivity contribution in [1.29, 1.82) is 0 Å². The Morgan fingerprint density at radius 1 is 1.33 bits per heavy atom. The third-order valence-corrected chi connectivity index (χ3v) is 1.60. The van der Waals surface area contributed by atoms with E-state index in [9.17, 15) is 5.11 Å². The highest BCUT2D eigenvalue weighted by atomic mass is 16.7. The largest absolute Gasteiger partial charge is 0.390 e. The minimum atomic E-state index is -0.933. The lowest BCUT2D eigenvalue weighted by atomic mass is 10.1. The van der Waals surface area contributed by atoms with Crippen LogP contribution in [0.3, 0.4) is 0 Å². The average molecular weight is 176 g/mol. The van der Waals surface area contributed by atoms with Gasteiger partial charge in [-0.2, -0.15) is 0 Å². The minimum Gasteiger partial charge on any atom is -0.390 e. The Morgan fingerprint density at radius 2 is 1.83 bits per heavy atom. The van der Waals surface area contributed by atoms with Gasteiger partial charge in [0.2, 0.25) is 0 Å². The number of hydrogen-bond acceptors (Lipinski definition) is 4. The van der Waals surface area contributed by atoms with E-state index in [1.807, 2.05) is 0 Å². The smallest absolute Gasteiger partial charge is 0.159 e. The van der Waals surface area contributed by atoms with E-state index < -0.39 is 18.5 Å². The van der Waals surface area contributed by atoms with Gasteiger partial charge in [-0.3, -0.25) is 0 Å². The molecule has 2 atom stereocenters. The molecule has 0 aliphatic heterocycles. The van der Waals surface area contributed by atoms with Gasteiger partial charge in [-0.05, 0) is 0 Å². The second-order valence-electron chi connectivity index (χ2n) is 2.43. The molecule has 0 heterocycles. The van der Waals surface area contributed by atoms with E-state index in [0.29, 0.717) is 0 Å². The molecule has 4 heteroatoms.